The topological polar surface area (TPSA) is 97.5 Å². The first-order valence-electron chi connectivity index (χ1n) is 12.1. The van der Waals surface area contributed by atoms with Crippen LogP contribution in [0.2, 0.25) is 0 Å². The van der Waals surface area contributed by atoms with E-state index in [2.05, 4.69) is 6.92 Å². The summed E-state index contributed by atoms with van der Waals surface area (Å²) < 4.78 is 0. The van der Waals surface area contributed by atoms with Crippen molar-refractivity contribution in [2.24, 2.45) is 23.5 Å². The Morgan fingerprint density at radius 1 is 0.800 bits per heavy atom. The molecular weight excluding hydrogens is 380 g/mol. The third-order valence-electron chi connectivity index (χ3n) is 6.66. The Kier molecular flexibility index (Phi) is 10.7. The fraction of sp³-hybridized carbons (Fsp3) is 0.833. The summed E-state index contributed by atoms with van der Waals surface area (Å²) >= 11 is 0. The van der Waals surface area contributed by atoms with Gasteiger partial charge in [-0.05, 0) is 25.8 Å². The molecular formula is C24H40N2O4. The second-order valence-corrected chi connectivity index (χ2v) is 9.00. The smallest absolute Gasteiger partial charge is 0.240 e. The Bertz CT molecular complexity index is 604. The molecule has 0 spiro atoms. The molecule has 1 saturated carbocycles. The quantitative estimate of drug-likeness (QED) is 0.247. The van der Waals surface area contributed by atoms with E-state index < -0.39 is 17.8 Å². The molecule has 2 N–H and O–H groups in total. The molecule has 3 unspecified atom stereocenters. The van der Waals surface area contributed by atoms with Gasteiger partial charge in [-0.15, -0.1) is 0 Å². The van der Waals surface area contributed by atoms with E-state index >= 15 is 0 Å². The largest absolute Gasteiger partial charge is 0.330 e. The first kappa shape index (κ1) is 24.7. The summed E-state index contributed by atoms with van der Waals surface area (Å²) in [4.78, 5) is 52.2. The Hall–Kier alpha value is -1.56. The normalized spacial score (nSPS) is 24.1. The number of unbranched alkanes of at least 4 members (excludes halogenated alkanes) is 10. The maximum Gasteiger partial charge on any atom is 0.240 e. The highest BCUT2D eigenvalue weighted by Gasteiger charge is 2.56. The monoisotopic (exact) mass is 420 g/mol. The van der Waals surface area contributed by atoms with Crippen molar-refractivity contribution in [3.63, 3.8) is 0 Å². The second-order valence-electron chi connectivity index (χ2n) is 9.00. The molecule has 2 fully saturated rings. The van der Waals surface area contributed by atoms with E-state index in [4.69, 9.17) is 5.73 Å². The third kappa shape index (κ3) is 6.47. The number of ketones is 2. The number of nitrogens with zero attached hydrogens (tertiary/aromatic N) is 1. The zero-order valence-corrected chi connectivity index (χ0v) is 18.7. The second kappa shape index (κ2) is 13.0. The number of nitrogens with two attached hydrogens (primary N) is 1. The minimum absolute atomic E-state index is 0.0480. The maximum absolute atomic E-state index is 12.9. The summed E-state index contributed by atoms with van der Waals surface area (Å²) in [5.74, 6) is -3.50. The van der Waals surface area contributed by atoms with E-state index in [9.17, 15) is 19.2 Å². The molecule has 30 heavy (non-hydrogen) atoms. The fourth-order valence-corrected chi connectivity index (χ4v) is 4.82. The van der Waals surface area contributed by atoms with Gasteiger partial charge in [0.1, 0.15) is 11.7 Å². The standard InChI is InChI=1S/C24H40N2O4/c1-2-3-4-5-6-7-8-11-14-18-20(27)17-19-21(22(18)28)24(30)26(23(19)29)16-13-10-9-12-15-25/h18-19,21H,2-17,25H2,1H3. The van der Waals surface area contributed by atoms with Crippen molar-refractivity contribution in [2.45, 2.75) is 96.8 Å². The van der Waals surface area contributed by atoms with Crippen molar-refractivity contribution in [2.75, 3.05) is 13.1 Å². The molecule has 1 saturated heterocycles. The number of rotatable bonds is 15. The lowest BCUT2D eigenvalue weighted by Crippen LogP contribution is -2.42. The van der Waals surface area contributed by atoms with Gasteiger partial charge in [-0.3, -0.25) is 24.1 Å². The highest BCUT2D eigenvalue weighted by molar-refractivity contribution is 6.22. The van der Waals surface area contributed by atoms with Gasteiger partial charge in [-0.25, -0.2) is 0 Å². The molecule has 2 rings (SSSR count). The molecule has 2 amide bonds. The molecule has 2 aliphatic rings. The molecule has 0 radical (unpaired) electrons. The van der Waals surface area contributed by atoms with Crippen LogP contribution in [0.25, 0.3) is 0 Å². The molecule has 3 atom stereocenters. The van der Waals surface area contributed by atoms with E-state index in [1.807, 2.05) is 0 Å². The summed E-state index contributed by atoms with van der Waals surface area (Å²) in [5, 5.41) is 0. The Morgan fingerprint density at radius 3 is 2.07 bits per heavy atom. The summed E-state index contributed by atoms with van der Waals surface area (Å²) in [6.07, 6.45) is 13.3. The van der Waals surface area contributed by atoms with Crippen LogP contribution in [0.5, 0.6) is 0 Å². The number of amides is 2. The van der Waals surface area contributed by atoms with Crippen LogP contribution in [-0.2, 0) is 19.2 Å². The van der Waals surface area contributed by atoms with Crippen LogP contribution in [0.3, 0.4) is 0 Å². The fourth-order valence-electron chi connectivity index (χ4n) is 4.82. The summed E-state index contributed by atoms with van der Waals surface area (Å²) in [5.41, 5.74) is 5.49. The van der Waals surface area contributed by atoms with Crippen LogP contribution in [0, 0.1) is 17.8 Å². The molecule has 6 heteroatoms. The van der Waals surface area contributed by atoms with E-state index in [0.29, 0.717) is 19.5 Å². The predicted octanol–water partition coefficient (Wildman–Crippen LogP) is 3.80. The first-order valence-corrected chi connectivity index (χ1v) is 12.1. The number of likely N-dealkylation sites (tertiary alicyclic amines) is 1. The van der Waals surface area contributed by atoms with Gasteiger partial charge in [0.2, 0.25) is 11.8 Å². The van der Waals surface area contributed by atoms with Crippen molar-refractivity contribution < 1.29 is 19.2 Å². The first-order chi connectivity index (χ1) is 14.5. The number of Topliss-reactive ketones (excluding diaryl/α,β-unsaturated/α-hetero) is 2. The van der Waals surface area contributed by atoms with Gasteiger partial charge >= 0.3 is 0 Å². The Balaban J connectivity index is 1.80. The van der Waals surface area contributed by atoms with E-state index in [-0.39, 0.29) is 29.8 Å². The summed E-state index contributed by atoms with van der Waals surface area (Å²) in [7, 11) is 0. The molecule has 1 aliphatic carbocycles. The van der Waals surface area contributed by atoms with Crippen LogP contribution >= 0.6 is 0 Å². The number of hydrogen-bond acceptors (Lipinski definition) is 5. The molecule has 170 valence electrons. The van der Waals surface area contributed by atoms with Gasteiger partial charge in [0.15, 0.2) is 5.78 Å². The zero-order valence-electron chi connectivity index (χ0n) is 18.7. The average Bonchev–Trinajstić information content (AvgIpc) is 2.96. The van der Waals surface area contributed by atoms with Crippen LogP contribution < -0.4 is 5.73 Å². The van der Waals surface area contributed by atoms with Crippen molar-refractivity contribution >= 4 is 23.4 Å². The molecule has 1 aliphatic heterocycles. The maximum atomic E-state index is 12.9. The van der Waals surface area contributed by atoms with Gasteiger partial charge in [0.25, 0.3) is 0 Å². The third-order valence-corrected chi connectivity index (χ3v) is 6.66. The number of hydrogen-bond donors (Lipinski definition) is 1. The van der Waals surface area contributed by atoms with Gasteiger partial charge in [-0.2, -0.15) is 0 Å². The van der Waals surface area contributed by atoms with E-state index in [0.717, 1.165) is 44.9 Å². The number of fused-ring (bicyclic) bond motifs is 1. The van der Waals surface area contributed by atoms with Gasteiger partial charge in [0, 0.05) is 13.0 Å². The lowest BCUT2D eigenvalue weighted by atomic mass is 9.72. The SMILES string of the molecule is CCCCCCCCCCC1C(=O)CC2C(=O)N(CCCCCCN)C(=O)C2C1=O. The van der Waals surface area contributed by atoms with Crippen molar-refractivity contribution in [1.82, 2.24) is 4.90 Å². The van der Waals surface area contributed by atoms with Crippen molar-refractivity contribution in [1.29, 1.82) is 0 Å². The van der Waals surface area contributed by atoms with Crippen LogP contribution in [0.15, 0.2) is 0 Å². The minimum atomic E-state index is -0.918. The molecule has 0 aromatic rings. The van der Waals surface area contributed by atoms with Gasteiger partial charge in [-0.1, -0.05) is 71.1 Å². The van der Waals surface area contributed by atoms with Crippen LogP contribution in [0.1, 0.15) is 96.8 Å². The van der Waals surface area contributed by atoms with E-state index in [1.54, 1.807) is 0 Å². The molecule has 0 bridgehead atoms. The predicted molar refractivity (Wildman–Crippen MR) is 117 cm³/mol. The van der Waals surface area contributed by atoms with E-state index in [1.165, 1.54) is 37.0 Å². The lowest BCUT2D eigenvalue weighted by molar-refractivity contribution is -0.145. The summed E-state index contributed by atoms with van der Waals surface area (Å²) in [6.45, 7) is 3.19. The molecule has 0 aromatic heterocycles. The van der Waals surface area contributed by atoms with Crippen LogP contribution in [-0.4, -0.2) is 41.4 Å². The highest BCUT2D eigenvalue weighted by atomic mass is 16.2. The highest BCUT2D eigenvalue weighted by Crippen LogP contribution is 2.38. The number of carbonyl (C=O) groups is 4. The zero-order chi connectivity index (χ0) is 21.9. The molecule has 0 aromatic carbocycles. The minimum Gasteiger partial charge on any atom is -0.330 e. The summed E-state index contributed by atoms with van der Waals surface area (Å²) in [6, 6.07) is 0. The van der Waals surface area contributed by atoms with Gasteiger partial charge in [0.05, 0.1) is 11.8 Å². The van der Waals surface area contributed by atoms with Gasteiger partial charge < -0.3 is 5.73 Å². The Labute approximate surface area is 181 Å². The molecule has 6 nitrogen and oxygen atoms in total. The lowest BCUT2D eigenvalue weighted by Gasteiger charge is -2.26. The average molecular weight is 421 g/mol. The van der Waals surface area contributed by atoms with Crippen molar-refractivity contribution in [3.8, 4) is 0 Å². The number of imide groups is 1. The molecule has 1 heterocycles. The van der Waals surface area contributed by atoms with Crippen molar-refractivity contribution in [3.05, 3.63) is 0 Å². The number of carbonyl (C=O) groups excluding carboxylic acids is 4. The van der Waals surface area contributed by atoms with Crippen LogP contribution in [0.4, 0.5) is 0 Å². The Morgan fingerprint density at radius 2 is 1.40 bits per heavy atom.